The van der Waals surface area contributed by atoms with E-state index < -0.39 is 89.7 Å². The van der Waals surface area contributed by atoms with Crippen LogP contribution in [0.3, 0.4) is 0 Å². The monoisotopic (exact) mass is 1370 g/mol. The van der Waals surface area contributed by atoms with Crippen molar-refractivity contribution in [1.29, 1.82) is 5.26 Å². The van der Waals surface area contributed by atoms with Crippen molar-refractivity contribution in [3.63, 3.8) is 0 Å². The molecule has 2 heterocycles. The van der Waals surface area contributed by atoms with Crippen molar-refractivity contribution in [2.24, 2.45) is 40.9 Å². The van der Waals surface area contributed by atoms with Gasteiger partial charge in [-0.25, -0.2) is 4.98 Å². The maximum atomic E-state index is 12.0. The number of nitrogens with zero attached hydrogens (tertiary/aromatic N) is 11. The summed E-state index contributed by atoms with van der Waals surface area (Å²) in [6.45, 7) is 6.44. The van der Waals surface area contributed by atoms with Gasteiger partial charge in [-0.05, 0) is 136 Å². The van der Waals surface area contributed by atoms with E-state index in [4.69, 9.17) is 30.0 Å². The van der Waals surface area contributed by atoms with Crippen LogP contribution >= 0.6 is 23.5 Å². The van der Waals surface area contributed by atoms with Crippen molar-refractivity contribution in [1.82, 2.24) is 9.38 Å². The van der Waals surface area contributed by atoms with Crippen LogP contribution in [0.5, 0.6) is 11.6 Å². The lowest BCUT2D eigenvalue weighted by molar-refractivity contribution is 0.317. The third kappa shape index (κ3) is 22.1. The summed E-state index contributed by atoms with van der Waals surface area (Å²) in [6.07, 6.45) is 0.0285. The SMILES string of the molecule is Cc1cc(N=Nc2cc(SCCCS(=O)(=O)O)c(N=Nc3cc(OCCCS(=O)(=O)O)c(N=Nc4c(C)c(C#N)c5nc6ccc(S(=O)(=O)O)cc6n5c4O)cc3C)cc2C)c(SCCCS(=O)(=O)O)cc1N=Nc1ccccc1.O=S(=O)=O.O=S(=O)=O. The van der Waals surface area contributed by atoms with E-state index in [0.717, 1.165) is 16.5 Å². The molecule has 468 valence electrons. The van der Waals surface area contributed by atoms with Gasteiger partial charge in [0.1, 0.15) is 23.1 Å². The first-order chi connectivity index (χ1) is 41.1. The average Bonchev–Trinajstić information content (AvgIpc) is 1.91. The normalized spacial score (nSPS) is 12.2. The molecule has 0 spiro atoms. The van der Waals surface area contributed by atoms with Crippen LogP contribution in [0.1, 0.15) is 47.1 Å². The Morgan fingerprint density at radius 3 is 1.49 bits per heavy atom. The molecular formula is C49H49N11O20S8. The summed E-state index contributed by atoms with van der Waals surface area (Å²) in [4.78, 5) is 4.95. The molecule has 88 heavy (non-hydrogen) atoms. The topological polar surface area (TPSA) is 489 Å². The Morgan fingerprint density at radius 1 is 0.568 bits per heavy atom. The minimum Gasteiger partial charge on any atom is -0.493 e. The molecule has 7 rings (SSSR count). The summed E-state index contributed by atoms with van der Waals surface area (Å²) in [5.41, 5.74) is 4.24. The molecule has 0 fully saturated rings. The first-order valence-electron chi connectivity index (χ1n) is 24.6. The second-order valence-corrected chi connectivity index (χ2v) is 27.2. The van der Waals surface area contributed by atoms with Crippen LogP contribution in [0.25, 0.3) is 16.7 Å². The maximum absolute atomic E-state index is 12.0. The van der Waals surface area contributed by atoms with Crippen LogP contribution in [0.4, 0.5) is 45.5 Å². The summed E-state index contributed by atoms with van der Waals surface area (Å²) in [6, 6.07) is 24.3. The van der Waals surface area contributed by atoms with Gasteiger partial charge in [0.25, 0.3) is 40.5 Å². The molecule has 0 saturated heterocycles. The molecule has 39 heteroatoms. The van der Waals surface area contributed by atoms with Crippen molar-refractivity contribution in [3.05, 3.63) is 113 Å². The number of ether oxygens (including phenoxy) is 1. The lowest BCUT2D eigenvalue weighted by atomic mass is 10.1. The molecule has 31 nitrogen and oxygen atoms in total. The smallest absolute Gasteiger partial charge is 0.425 e. The van der Waals surface area contributed by atoms with Gasteiger partial charge in [-0.15, -0.1) is 69.2 Å². The quantitative estimate of drug-likeness (QED) is 0.0162. The fraction of sp³-hybridized carbons (Fsp3) is 0.265. The van der Waals surface area contributed by atoms with Gasteiger partial charge in [0.2, 0.25) is 5.88 Å². The molecule has 0 bridgehead atoms. The van der Waals surface area contributed by atoms with Crippen LogP contribution in [0, 0.1) is 39.0 Å². The number of aromatic nitrogens is 2. The number of azo groups is 4. The van der Waals surface area contributed by atoms with Gasteiger partial charge in [-0.1, -0.05) is 18.2 Å². The number of benzene rings is 5. The molecule has 0 aliphatic carbocycles. The summed E-state index contributed by atoms with van der Waals surface area (Å²) in [7, 11) is -23.8. The number of aromatic hydroxyl groups is 1. The van der Waals surface area contributed by atoms with Gasteiger partial charge < -0.3 is 9.84 Å². The van der Waals surface area contributed by atoms with E-state index in [9.17, 15) is 62.3 Å². The van der Waals surface area contributed by atoms with Crippen LogP contribution < -0.4 is 4.74 Å². The lowest BCUT2D eigenvalue weighted by Crippen LogP contribution is -2.08. The zero-order valence-corrected chi connectivity index (χ0v) is 52.5. The lowest BCUT2D eigenvalue weighted by Gasteiger charge is -2.12. The Hall–Kier alpha value is -7.88. The van der Waals surface area contributed by atoms with Gasteiger partial charge in [0.05, 0.1) is 73.9 Å². The molecular weight excluding hydrogens is 1320 g/mol. The zero-order valence-electron chi connectivity index (χ0n) is 46.0. The van der Waals surface area contributed by atoms with Crippen molar-refractivity contribution < 1.29 is 87.0 Å². The minimum absolute atomic E-state index is 0.0153. The highest BCUT2D eigenvalue weighted by molar-refractivity contribution is 7.99. The Bertz CT molecular complexity index is 4640. The Kier molecular flexibility index (Phi) is 25.2. The minimum atomic E-state index is -4.69. The van der Waals surface area contributed by atoms with E-state index in [1.807, 2.05) is 31.2 Å². The molecule has 0 amide bonds. The van der Waals surface area contributed by atoms with Gasteiger partial charge in [-0.3, -0.25) is 22.6 Å². The number of hydrogen-bond acceptors (Lipinski definition) is 28. The third-order valence-corrected chi connectivity index (χ3v) is 17.0. The summed E-state index contributed by atoms with van der Waals surface area (Å²) in [5.74, 6) is -1.72. The van der Waals surface area contributed by atoms with Crippen molar-refractivity contribution in [3.8, 4) is 17.7 Å². The molecule has 7 aromatic rings. The number of imidazole rings is 1. The van der Waals surface area contributed by atoms with Crippen molar-refractivity contribution in [2.45, 2.75) is 61.6 Å². The summed E-state index contributed by atoms with van der Waals surface area (Å²) >= 11 is 2.48. The molecule has 5 N–H and O–H groups in total. The first-order valence-corrected chi connectivity index (χ1v) is 34.9. The molecule has 2 aromatic heterocycles. The van der Waals surface area contributed by atoms with Crippen LogP contribution in [0.2, 0.25) is 0 Å². The Balaban J connectivity index is 0.00000166. The maximum Gasteiger partial charge on any atom is 0.425 e. The van der Waals surface area contributed by atoms with Gasteiger partial charge >= 0.3 is 21.2 Å². The van der Waals surface area contributed by atoms with E-state index in [1.165, 1.54) is 48.6 Å². The number of fused-ring (bicyclic) bond motifs is 3. The van der Waals surface area contributed by atoms with E-state index in [1.54, 1.807) is 50.2 Å². The molecule has 0 radical (unpaired) electrons. The average molecular weight is 1370 g/mol. The van der Waals surface area contributed by atoms with Crippen molar-refractivity contribution >= 4 is 147 Å². The Labute approximate surface area is 514 Å². The van der Waals surface area contributed by atoms with E-state index >= 15 is 0 Å². The fourth-order valence-electron chi connectivity index (χ4n) is 7.50. The number of hydrogen-bond donors (Lipinski definition) is 5. The largest absolute Gasteiger partial charge is 0.493 e. The number of aryl methyl sites for hydroxylation is 3. The zero-order chi connectivity index (χ0) is 65.3. The van der Waals surface area contributed by atoms with E-state index in [2.05, 4.69) is 45.9 Å². The molecule has 0 aliphatic heterocycles. The van der Waals surface area contributed by atoms with Gasteiger partial charge in [-0.2, -0.15) is 59.4 Å². The summed E-state index contributed by atoms with van der Waals surface area (Å²) in [5, 5.41) is 57.4. The standard InChI is InChI=1S/C49H49N11O14S6.2O3S/c1-29-21-40(56-59-47-32(4)35(28-50)48-51-36-14-13-34(80(71,72)73)24-43(36)60(48)49(47)61)44(74-15-8-18-77(62,63)64)25-37(29)54-57-41-23-31(3)39(27-46(41)76-17-10-20-79(68,69)70)55-58-42-22-30(2)38(53-52-33-11-6-5-7-12-33)26-45(42)75-16-9-19-78(65,66)67;2*1-4(2)3/h5-7,11-14,21-27,61H,8-10,15-20H2,1-4H3,(H,62,63,64)(H,65,66,67)(H,68,69,70)(H,71,72,73);;. The number of thioether (sulfide) groups is 2. The van der Waals surface area contributed by atoms with Crippen LogP contribution in [0.15, 0.2) is 141 Å². The van der Waals surface area contributed by atoms with Gasteiger partial charge in [0, 0.05) is 21.4 Å². The first kappa shape index (κ1) is 70.9. The molecule has 5 aromatic carbocycles. The Morgan fingerprint density at radius 2 is 1.01 bits per heavy atom. The van der Waals surface area contributed by atoms with Crippen LogP contribution in [-0.2, 0) is 61.7 Å². The second kappa shape index (κ2) is 31.3. The fourth-order valence-corrected chi connectivity index (χ4v) is 11.8. The number of nitriles is 1. The summed E-state index contributed by atoms with van der Waals surface area (Å²) < 4.78 is 189. The van der Waals surface area contributed by atoms with E-state index in [-0.39, 0.29) is 82.2 Å². The highest BCUT2D eigenvalue weighted by Gasteiger charge is 2.23. The molecule has 0 atom stereocenters. The molecule has 0 unspecified atom stereocenters. The predicted molar refractivity (Wildman–Crippen MR) is 320 cm³/mol. The predicted octanol–water partition coefficient (Wildman–Crippen LogP) is 10.6. The van der Waals surface area contributed by atoms with Crippen molar-refractivity contribution in [2.75, 3.05) is 35.4 Å². The molecule has 0 saturated carbocycles. The van der Waals surface area contributed by atoms with Gasteiger partial charge in [0.15, 0.2) is 11.3 Å². The number of pyridine rings is 1. The third-order valence-electron chi connectivity index (χ3n) is 11.5. The van der Waals surface area contributed by atoms with Crippen LogP contribution in [-0.4, -0.2) is 127 Å². The number of rotatable bonds is 24. The second-order valence-electron chi connectivity index (χ2n) is 18.0. The van der Waals surface area contributed by atoms with E-state index in [0.29, 0.717) is 60.7 Å². The highest BCUT2D eigenvalue weighted by atomic mass is 32.2. The molecule has 0 aliphatic rings. The highest BCUT2D eigenvalue weighted by Crippen LogP contribution is 2.44.